The van der Waals surface area contributed by atoms with Crippen LogP contribution in [0.4, 0.5) is 0 Å². The second-order valence-electron chi connectivity index (χ2n) is 11.3. The second kappa shape index (κ2) is 12.0. The number of ether oxygens (including phenoxy) is 4. The van der Waals surface area contributed by atoms with Crippen LogP contribution in [0.1, 0.15) is 53.4 Å². The van der Waals surface area contributed by atoms with Gasteiger partial charge >= 0.3 is 0 Å². The van der Waals surface area contributed by atoms with Crippen LogP contribution < -0.4 is 0 Å². The second-order valence-corrected chi connectivity index (χ2v) is 11.3. The third-order valence-electron chi connectivity index (χ3n) is 7.85. The molecule has 1 aliphatic carbocycles. The highest BCUT2D eigenvalue weighted by Crippen LogP contribution is 2.47. The Kier molecular flexibility index (Phi) is 9.94. The molecule has 3 rings (SSSR count). The first-order valence-corrected chi connectivity index (χ1v) is 12.6. The predicted molar refractivity (Wildman–Crippen MR) is 122 cm³/mol. The molecule has 13 atom stereocenters. The zero-order chi connectivity index (χ0) is 26.1. The van der Waals surface area contributed by atoms with Crippen molar-refractivity contribution in [3.63, 3.8) is 0 Å². The zero-order valence-electron chi connectivity index (χ0n) is 21.0. The van der Waals surface area contributed by atoms with Crippen molar-refractivity contribution < 1.29 is 54.7 Å². The lowest BCUT2D eigenvalue weighted by Gasteiger charge is -2.48. The largest absolute Gasteiger partial charge is 0.393 e. The maximum absolute atomic E-state index is 10.5. The molecule has 2 saturated heterocycles. The summed E-state index contributed by atoms with van der Waals surface area (Å²) in [7, 11) is 0. The summed E-state index contributed by atoms with van der Waals surface area (Å²) in [6.45, 7) is 7.72. The molecule has 0 spiro atoms. The molecule has 3 aliphatic rings. The first kappa shape index (κ1) is 29.1. The fourth-order valence-electron chi connectivity index (χ4n) is 5.84. The summed E-state index contributed by atoms with van der Waals surface area (Å²) in [6.07, 6.45) is -9.76. The highest BCUT2D eigenvalue weighted by atomic mass is 16.7. The Balaban J connectivity index is 1.59. The van der Waals surface area contributed by atoms with Gasteiger partial charge in [-0.2, -0.15) is 0 Å². The molecule has 3 fully saturated rings. The van der Waals surface area contributed by atoms with Crippen molar-refractivity contribution >= 4 is 0 Å². The summed E-state index contributed by atoms with van der Waals surface area (Å²) in [4.78, 5) is 0. The zero-order valence-corrected chi connectivity index (χ0v) is 21.0. The van der Waals surface area contributed by atoms with Crippen LogP contribution in [0.15, 0.2) is 0 Å². The molecule has 11 heteroatoms. The fraction of sp³-hybridized carbons (Fsp3) is 1.00. The number of aliphatic hydroxyl groups is 7. The Morgan fingerprint density at radius 2 is 1.60 bits per heavy atom. The van der Waals surface area contributed by atoms with Crippen LogP contribution in [0, 0.1) is 17.3 Å². The van der Waals surface area contributed by atoms with Gasteiger partial charge in [0, 0.05) is 0 Å². The van der Waals surface area contributed by atoms with E-state index in [2.05, 4.69) is 20.8 Å². The van der Waals surface area contributed by atoms with E-state index in [-0.39, 0.29) is 30.8 Å². The quantitative estimate of drug-likeness (QED) is 0.211. The van der Waals surface area contributed by atoms with Crippen molar-refractivity contribution in [2.75, 3.05) is 13.2 Å². The van der Waals surface area contributed by atoms with Gasteiger partial charge in [0.1, 0.15) is 42.7 Å². The smallest absolute Gasteiger partial charge is 0.186 e. The number of rotatable bonds is 8. The molecule has 0 aromatic heterocycles. The normalized spacial score (nSPS) is 47.4. The van der Waals surface area contributed by atoms with Crippen molar-refractivity contribution in [3.8, 4) is 0 Å². The first-order valence-electron chi connectivity index (χ1n) is 12.6. The van der Waals surface area contributed by atoms with Crippen LogP contribution in [0.2, 0.25) is 0 Å². The maximum Gasteiger partial charge on any atom is 0.186 e. The van der Waals surface area contributed by atoms with E-state index >= 15 is 0 Å². The minimum Gasteiger partial charge on any atom is -0.393 e. The van der Waals surface area contributed by atoms with Gasteiger partial charge in [-0.05, 0) is 49.9 Å². The number of hydrogen-bond acceptors (Lipinski definition) is 11. The molecule has 35 heavy (non-hydrogen) atoms. The lowest BCUT2D eigenvalue weighted by Crippen LogP contribution is -2.61. The van der Waals surface area contributed by atoms with E-state index < -0.39 is 55.3 Å². The molecule has 2 aliphatic heterocycles. The standard InChI is InChI=1S/C24H44O11/c1-11-7-13(8-24(3,4)14(11)6-5-12(2)25)34-23-21(31)19(29)18(28)16(35-23)10-33-22-20(30)17(27)15(26)9-32-22/h11-23,25-31H,5-10H2,1-4H3/t11-,12+,13-,14+,15+,16+,17-,18+,19-,20+,21+,22-,23+/m0/s1. The molecule has 7 N–H and O–H groups in total. The molecule has 206 valence electrons. The molecular weight excluding hydrogens is 464 g/mol. The Hall–Kier alpha value is -0.440. The summed E-state index contributed by atoms with van der Waals surface area (Å²) >= 11 is 0. The Labute approximate surface area is 206 Å². The van der Waals surface area contributed by atoms with E-state index in [1.165, 1.54) is 0 Å². The van der Waals surface area contributed by atoms with E-state index in [9.17, 15) is 35.7 Å². The molecule has 0 amide bonds. The molecule has 0 aromatic carbocycles. The van der Waals surface area contributed by atoms with Gasteiger partial charge in [0.25, 0.3) is 0 Å². The van der Waals surface area contributed by atoms with Gasteiger partial charge in [0.2, 0.25) is 0 Å². The molecular formula is C24H44O11. The third kappa shape index (κ3) is 6.91. The highest BCUT2D eigenvalue weighted by molar-refractivity contribution is 4.94. The lowest BCUT2D eigenvalue weighted by atomic mass is 9.61. The van der Waals surface area contributed by atoms with Crippen LogP contribution in [0.25, 0.3) is 0 Å². The molecule has 11 nitrogen and oxygen atoms in total. The summed E-state index contributed by atoms with van der Waals surface area (Å²) in [5.74, 6) is 0.711. The van der Waals surface area contributed by atoms with Crippen LogP contribution in [0.5, 0.6) is 0 Å². The average Bonchev–Trinajstić information content (AvgIpc) is 2.77. The first-order chi connectivity index (χ1) is 16.3. The van der Waals surface area contributed by atoms with E-state index in [1.807, 2.05) is 0 Å². The van der Waals surface area contributed by atoms with E-state index in [0.717, 1.165) is 19.3 Å². The lowest BCUT2D eigenvalue weighted by molar-refractivity contribution is -0.331. The van der Waals surface area contributed by atoms with Gasteiger partial charge in [-0.3, -0.25) is 0 Å². The van der Waals surface area contributed by atoms with Crippen LogP contribution in [-0.4, -0.2) is 116 Å². The van der Waals surface area contributed by atoms with Crippen molar-refractivity contribution in [1.82, 2.24) is 0 Å². The SMILES string of the molecule is C[C@@H](O)CC[C@@H]1[C@@H](C)C[C@H](O[C@@H]2O[C@H](CO[C@@H]3OC[C@@H](O)[C@H](O)[C@H]3O)[C@@H](O)[C@H](O)[C@H]2O)CC1(C)C. The highest BCUT2D eigenvalue weighted by Gasteiger charge is 2.48. The van der Waals surface area contributed by atoms with E-state index in [1.54, 1.807) is 6.92 Å². The Bertz CT molecular complexity index is 661. The van der Waals surface area contributed by atoms with Crippen LogP contribution >= 0.6 is 0 Å². The van der Waals surface area contributed by atoms with Gasteiger partial charge < -0.3 is 54.7 Å². The minimum atomic E-state index is -1.54. The number of aliphatic hydroxyl groups excluding tert-OH is 7. The van der Waals surface area contributed by atoms with Crippen LogP contribution in [0.3, 0.4) is 0 Å². The van der Waals surface area contributed by atoms with Gasteiger partial charge in [0.15, 0.2) is 12.6 Å². The molecule has 1 saturated carbocycles. The van der Waals surface area contributed by atoms with Crippen molar-refractivity contribution in [1.29, 1.82) is 0 Å². The third-order valence-corrected chi connectivity index (χ3v) is 7.85. The molecule has 2 heterocycles. The Morgan fingerprint density at radius 3 is 2.23 bits per heavy atom. The van der Waals surface area contributed by atoms with Gasteiger partial charge in [-0.25, -0.2) is 0 Å². The van der Waals surface area contributed by atoms with Crippen LogP contribution in [-0.2, 0) is 18.9 Å². The molecule has 0 radical (unpaired) electrons. The average molecular weight is 509 g/mol. The van der Waals surface area contributed by atoms with Gasteiger partial charge in [-0.15, -0.1) is 0 Å². The topological polar surface area (TPSA) is 179 Å². The van der Waals surface area contributed by atoms with Crippen molar-refractivity contribution in [3.05, 3.63) is 0 Å². The van der Waals surface area contributed by atoms with E-state index in [4.69, 9.17) is 18.9 Å². The molecule has 0 bridgehead atoms. The van der Waals surface area contributed by atoms with Gasteiger partial charge in [0.05, 0.1) is 25.4 Å². The van der Waals surface area contributed by atoms with Crippen molar-refractivity contribution in [2.45, 2.75) is 121 Å². The summed E-state index contributed by atoms with van der Waals surface area (Å²) in [5.41, 5.74) is -0.0721. The Morgan fingerprint density at radius 1 is 0.943 bits per heavy atom. The number of hydrogen-bond donors (Lipinski definition) is 7. The maximum atomic E-state index is 10.5. The monoisotopic (exact) mass is 508 g/mol. The van der Waals surface area contributed by atoms with Crippen molar-refractivity contribution in [2.24, 2.45) is 17.3 Å². The minimum absolute atomic E-state index is 0.0721. The predicted octanol–water partition coefficient (Wildman–Crippen LogP) is -1.13. The summed E-state index contributed by atoms with van der Waals surface area (Å²) in [6, 6.07) is 0. The van der Waals surface area contributed by atoms with E-state index in [0.29, 0.717) is 18.3 Å². The summed E-state index contributed by atoms with van der Waals surface area (Å²) in [5, 5.41) is 70.4. The molecule has 0 unspecified atom stereocenters. The fourth-order valence-corrected chi connectivity index (χ4v) is 5.84. The summed E-state index contributed by atoms with van der Waals surface area (Å²) < 4.78 is 22.5. The van der Waals surface area contributed by atoms with Gasteiger partial charge in [-0.1, -0.05) is 20.8 Å². The molecule has 0 aromatic rings.